The fraction of sp³-hybridized carbons (Fsp3) is 0.917. The lowest BCUT2D eigenvalue weighted by atomic mass is 9.88. The lowest BCUT2D eigenvalue weighted by Gasteiger charge is -2.38. The molecule has 0 amide bonds. The van der Waals surface area contributed by atoms with Gasteiger partial charge in [0.25, 0.3) is 0 Å². The van der Waals surface area contributed by atoms with Gasteiger partial charge < -0.3 is 5.11 Å². The first-order valence-corrected chi connectivity index (χ1v) is 5.85. The van der Waals surface area contributed by atoms with Crippen LogP contribution in [0.15, 0.2) is 0 Å². The molecule has 0 heterocycles. The van der Waals surface area contributed by atoms with Crippen LogP contribution >= 0.6 is 0 Å². The van der Waals surface area contributed by atoms with Crippen LogP contribution in [0, 0.1) is 16.7 Å². The summed E-state index contributed by atoms with van der Waals surface area (Å²) in [4.78, 5) is 2.34. The van der Waals surface area contributed by atoms with Gasteiger partial charge >= 0.3 is 0 Å². The molecular formula is C12H22N2O. The first-order valence-electron chi connectivity index (χ1n) is 5.85. The maximum Gasteiger partial charge on any atom is 0.0684 e. The monoisotopic (exact) mass is 210 g/mol. The number of nitrogens with zero attached hydrogens (tertiary/aromatic N) is 2. The highest BCUT2D eigenvalue weighted by Crippen LogP contribution is 2.27. The summed E-state index contributed by atoms with van der Waals surface area (Å²) in [5, 5.41) is 17.9. The minimum atomic E-state index is -0.239. The van der Waals surface area contributed by atoms with Crippen LogP contribution in [0.4, 0.5) is 0 Å². The smallest absolute Gasteiger partial charge is 0.0684 e. The molecule has 1 aliphatic carbocycles. The van der Waals surface area contributed by atoms with Gasteiger partial charge in [0.2, 0.25) is 0 Å². The Balaban J connectivity index is 2.34. The topological polar surface area (TPSA) is 47.3 Å². The molecule has 15 heavy (non-hydrogen) atoms. The van der Waals surface area contributed by atoms with E-state index in [1.54, 1.807) is 0 Å². The van der Waals surface area contributed by atoms with Gasteiger partial charge in [-0.05, 0) is 33.1 Å². The molecule has 0 aromatic heterocycles. The molecule has 1 fully saturated rings. The molecule has 0 saturated heterocycles. The van der Waals surface area contributed by atoms with E-state index in [0.717, 1.165) is 19.5 Å². The van der Waals surface area contributed by atoms with E-state index in [0.29, 0.717) is 6.04 Å². The summed E-state index contributed by atoms with van der Waals surface area (Å²) < 4.78 is 0. The second kappa shape index (κ2) is 5.48. The van der Waals surface area contributed by atoms with Gasteiger partial charge in [0.05, 0.1) is 18.1 Å². The number of hydrogen-bond donors (Lipinski definition) is 1. The highest BCUT2D eigenvalue weighted by Gasteiger charge is 2.26. The molecule has 1 saturated carbocycles. The van der Waals surface area contributed by atoms with Gasteiger partial charge in [-0.15, -0.1) is 0 Å². The number of aliphatic hydroxyl groups excluding tert-OH is 1. The predicted molar refractivity (Wildman–Crippen MR) is 60.3 cm³/mol. The summed E-state index contributed by atoms with van der Waals surface area (Å²) in [5.41, 5.74) is -0.239. The highest BCUT2D eigenvalue weighted by atomic mass is 16.3. The third-order valence-corrected chi connectivity index (χ3v) is 3.30. The number of rotatable bonds is 6. The van der Waals surface area contributed by atoms with Crippen LogP contribution in [0.3, 0.4) is 0 Å². The van der Waals surface area contributed by atoms with Gasteiger partial charge in [-0.3, -0.25) is 4.90 Å². The lowest BCUT2D eigenvalue weighted by Crippen LogP contribution is -2.43. The summed E-state index contributed by atoms with van der Waals surface area (Å²) in [6.07, 6.45) is 4.72. The molecular weight excluding hydrogens is 188 g/mol. The van der Waals surface area contributed by atoms with E-state index in [9.17, 15) is 0 Å². The Morgan fingerprint density at radius 2 is 2.07 bits per heavy atom. The van der Waals surface area contributed by atoms with Crippen LogP contribution < -0.4 is 0 Å². The van der Waals surface area contributed by atoms with Crippen molar-refractivity contribution in [2.45, 2.75) is 45.6 Å². The van der Waals surface area contributed by atoms with Crippen molar-refractivity contribution in [3.8, 4) is 6.07 Å². The number of nitriles is 1. The largest absolute Gasteiger partial charge is 0.395 e. The predicted octanol–water partition coefficient (Wildman–Crippen LogP) is 1.77. The second-order valence-corrected chi connectivity index (χ2v) is 5.09. The SMILES string of the molecule is CC(C)(C#N)CCN(CCO)C1CCC1. The van der Waals surface area contributed by atoms with Crippen molar-refractivity contribution < 1.29 is 5.11 Å². The second-order valence-electron chi connectivity index (χ2n) is 5.09. The summed E-state index contributed by atoms with van der Waals surface area (Å²) in [5.74, 6) is 0. The molecule has 3 heteroatoms. The molecule has 0 radical (unpaired) electrons. The molecule has 86 valence electrons. The number of aliphatic hydroxyl groups is 1. The summed E-state index contributed by atoms with van der Waals surface area (Å²) in [6.45, 7) is 5.87. The zero-order valence-corrected chi connectivity index (χ0v) is 9.87. The van der Waals surface area contributed by atoms with Gasteiger partial charge in [-0.1, -0.05) is 6.42 Å². The molecule has 3 nitrogen and oxygen atoms in total. The van der Waals surface area contributed by atoms with E-state index in [4.69, 9.17) is 10.4 Å². The fourth-order valence-electron chi connectivity index (χ4n) is 1.84. The third-order valence-electron chi connectivity index (χ3n) is 3.30. The van der Waals surface area contributed by atoms with E-state index < -0.39 is 0 Å². The summed E-state index contributed by atoms with van der Waals surface area (Å²) in [6, 6.07) is 2.98. The van der Waals surface area contributed by atoms with Gasteiger partial charge in [-0.2, -0.15) is 5.26 Å². The zero-order chi connectivity index (χ0) is 11.3. The maximum atomic E-state index is 8.99. The van der Waals surface area contributed by atoms with Crippen LogP contribution in [0.2, 0.25) is 0 Å². The molecule has 0 atom stereocenters. The van der Waals surface area contributed by atoms with E-state index in [1.807, 2.05) is 13.8 Å². The summed E-state index contributed by atoms with van der Waals surface area (Å²) in [7, 11) is 0. The third kappa shape index (κ3) is 3.81. The normalized spacial score (nSPS) is 17.5. The van der Waals surface area contributed by atoms with Crippen LogP contribution in [0.1, 0.15) is 39.5 Å². The Morgan fingerprint density at radius 1 is 1.40 bits per heavy atom. The van der Waals surface area contributed by atoms with Gasteiger partial charge in [0.1, 0.15) is 0 Å². The lowest BCUT2D eigenvalue weighted by molar-refractivity contribution is 0.0927. The van der Waals surface area contributed by atoms with Crippen molar-refractivity contribution >= 4 is 0 Å². The molecule has 0 aliphatic heterocycles. The Labute approximate surface area is 92.7 Å². The average molecular weight is 210 g/mol. The quantitative estimate of drug-likeness (QED) is 0.727. The first-order chi connectivity index (χ1) is 7.09. The molecule has 1 aliphatic rings. The first kappa shape index (κ1) is 12.5. The maximum absolute atomic E-state index is 8.99. The zero-order valence-electron chi connectivity index (χ0n) is 9.87. The van der Waals surface area contributed by atoms with Crippen molar-refractivity contribution in [3.63, 3.8) is 0 Å². The Bertz CT molecular complexity index is 228. The van der Waals surface area contributed by atoms with Crippen molar-refractivity contribution in [1.29, 1.82) is 5.26 Å². The standard InChI is InChI=1S/C12H22N2O/c1-12(2,10-13)6-7-14(8-9-15)11-4-3-5-11/h11,15H,3-9H2,1-2H3. The van der Waals surface area contributed by atoms with Gasteiger partial charge in [-0.25, -0.2) is 0 Å². The van der Waals surface area contributed by atoms with E-state index in [2.05, 4.69) is 11.0 Å². The van der Waals surface area contributed by atoms with Gasteiger partial charge in [0, 0.05) is 19.1 Å². The molecule has 0 aromatic rings. The van der Waals surface area contributed by atoms with E-state index >= 15 is 0 Å². The van der Waals surface area contributed by atoms with E-state index in [-0.39, 0.29) is 12.0 Å². The van der Waals surface area contributed by atoms with Crippen LogP contribution in [-0.4, -0.2) is 35.7 Å². The highest BCUT2D eigenvalue weighted by molar-refractivity contribution is 4.93. The Kier molecular flexibility index (Phi) is 4.56. The average Bonchev–Trinajstić information content (AvgIpc) is 2.12. The molecule has 0 aromatic carbocycles. The molecule has 1 rings (SSSR count). The molecule has 1 N–H and O–H groups in total. The van der Waals surface area contributed by atoms with E-state index in [1.165, 1.54) is 19.3 Å². The van der Waals surface area contributed by atoms with Gasteiger partial charge in [0.15, 0.2) is 0 Å². The van der Waals surface area contributed by atoms with Crippen LogP contribution in [0.5, 0.6) is 0 Å². The Hall–Kier alpha value is -0.590. The van der Waals surface area contributed by atoms with Crippen molar-refractivity contribution in [3.05, 3.63) is 0 Å². The number of hydrogen-bond acceptors (Lipinski definition) is 3. The molecule has 0 spiro atoms. The minimum absolute atomic E-state index is 0.226. The molecule has 0 unspecified atom stereocenters. The minimum Gasteiger partial charge on any atom is -0.395 e. The van der Waals surface area contributed by atoms with Crippen molar-refractivity contribution in [2.24, 2.45) is 5.41 Å². The Morgan fingerprint density at radius 3 is 2.47 bits per heavy atom. The van der Waals surface area contributed by atoms with Crippen molar-refractivity contribution in [2.75, 3.05) is 19.7 Å². The van der Waals surface area contributed by atoms with Crippen LogP contribution in [0.25, 0.3) is 0 Å². The molecule has 0 bridgehead atoms. The fourth-order valence-corrected chi connectivity index (χ4v) is 1.84. The van der Waals surface area contributed by atoms with Crippen LogP contribution in [-0.2, 0) is 0 Å². The van der Waals surface area contributed by atoms with Crippen molar-refractivity contribution in [1.82, 2.24) is 4.90 Å². The summed E-state index contributed by atoms with van der Waals surface area (Å²) >= 11 is 0.